The van der Waals surface area contributed by atoms with Gasteiger partial charge >= 0.3 is 0 Å². The van der Waals surface area contributed by atoms with Gasteiger partial charge in [0.2, 0.25) is 0 Å². The van der Waals surface area contributed by atoms with Crippen LogP contribution in [0.15, 0.2) is 18.2 Å². The summed E-state index contributed by atoms with van der Waals surface area (Å²) >= 11 is 0. The van der Waals surface area contributed by atoms with Crippen LogP contribution in [0.3, 0.4) is 0 Å². The lowest BCUT2D eigenvalue weighted by Gasteiger charge is -2.20. The van der Waals surface area contributed by atoms with Gasteiger partial charge in [-0.2, -0.15) is 0 Å². The van der Waals surface area contributed by atoms with Gasteiger partial charge in [-0.1, -0.05) is 31.4 Å². The third kappa shape index (κ3) is 2.26. The molecule has 0 heterocycles. The van der Waals surface area contributed by atoms with Crippen LogP contribution in [-0.4, -0.2) is 5.78 Å². The van der Waals surface area contributed by atoms with Crippen molar-refractivity contribution in [3.05, 3.63) is 29.3 Å². The van der Waals surface area contributed by atoms with E-state index < -0.39 is 0 Å². The fraction of sp³-hybridized carbons (Fsp3) is 0.500. The van der Waals surface area contributed by atoms with E-state index >= 15 is 0 Å². The van der Waals surface area contributed by atoms with Gasteiger partial charge in [0.25, 0.3) is 0 Å². The van der Waals surface area contributed by atoms with Gasteiger partial charge in [0, 0.05) is 17.2 Å². The molecule has 2 nitrogen and oxygen atoms in total. The first-order valence-electron chi connectivity index (χ1n) is 6.09. The van der Waals surface area contributed by atoms with Crippen molar-refractivity contribution in [2.24, 2.45) is 5.92 Å². The summed E-state index contributed by atoms with van der Waals surface area (Å²) in [6, 6.07) is 5.67. The van der Waals surface area contributed by atoms with E-state index in [2.05, 4.69) is 0 Å². The van der Waals surface area contributed by atoms with Crippen molar-refractivity contribution < 1.29 is 4.79 Å². The molecule has 0 amide bonds. The Balaban J connectivity index is 2.16. The van der Waals surface area contributed by atoms with Crippen molar-refractivity contribution in [1.82, 2.24) is 0 Å². The summed E-state index contributed by atoms with van der Waals surface area (Å²) in [6.45, 7) is 1.96. The standard InChI is InChI=1S/C14H19NO/c1-10-7-8-12(9-13(10)15)14(16)11-5-3-2-4-6-11/h7-9,11H,2-6,15H2,1H3. The molecule has 2 N–H and O–H groups in total. The summed E-state index contributed by atoms with van der Waals surface area (Å²) in [5.41, 5.74) is 8.39. The van der Waals surface area contributed by atoms with E-state index in [0.29, 0.717) is 0 Å². The van der Waals surface area contributed by atoms with E-state index in [9.17, 15) is 4.79 Å². The monoisotopic (exact) mass is 217 g/mol. The minimum absolute atomic E-state index is 0.232. The van der Waals surface area contributed by atoms with Gasteiger partial charge in [0.1, 0.15) is 0 Å². The molecule has 16 heavy (non-hydrogen) atoms. The zero-order valence-corrected chi connectivity index (χ0v) is 9.83. The molecule has 0 spiro atoms. The highest BCUT2D eigenvalue weighted by molar-refractivity contribution is 5.98. The summed E-state index contributed by atoms with van der Waals surface area (Å²) in [5.74, 6) is 0.516. The number of anilines is 1. The molecule has 2 heteroatoms. The van der Waals surface area contributed by atoms with Crippen LogP contribution < -0.4 is 5.73 Å². The number of nitrogens with two attached hydrogens (primary N) is 1. The van der Waals surface area contributed by atoms with E-state index in [4.69, 9.17) is 5.73 Å². The number of carbonyl (C=O) groups is 1. The predicted octanol–water partition coefficient (Wildman–Crippen LogP) is 3.34. The molecule has 0 atom stereocenters. The Kier molecular flexibility index (Phi) is 3.28. The Labute approximate surface area is 96.8 Å². The van der Waals surface area contributed by atoms with E-state index in [1.54, 1.807) is 0 Å². The number of nitrogen functional groups attached to an aromatic ring is 1. The van der Waals surface area contributed by atoms with Crippen molar-refractivity contribution in [3.8, 4) is 0 Å². The molecular weight excluding hydrogens is 198 g/mol. The van der Waals surface area contributed by atoms with E-state index in [1.807, 2.05) is 25.1 Å². The predicted molar refractivity (Wildman–Crippen MR) is 66.5 cm³/mol. The van der Waals surface area contributed by atoms with Crippen LogP contribution in [0.2, 0.25) is 0 Å². The Bertz CT molecular complexity index is 392. The van der Waals surface area contributed by atoms with E-state index in [1.165, 1.54) is 19.3 Å². The average Bonchev–Trinajstić information content (AvgIpc) is 2.33. The normalized spacial score (nSPS) is 17.3. The summed E-state index contributed by atoms with van der Waals surface area (Å²) < 4.78 is 0. The Morgan fingerprint density at radius 1 is 1.25 bits per heavy atom. The van der Waals surface area contributed by atoms with Crippen molar-refractivity contribution in [2.75, 3.05) is 5.73 Å². The highest BCUT2D eigenvalue weighted by atomic mass is 16.1. The van der Waals surface area contributed by atoms with Crippen LogP contribution in [0.25, 0.3) is 0 Å². The van der Waals surface area contributed by atoms with Crippen LogP contribution in [0.1, 0.15) is 48.0 Å². The quantitative estimate of drug-likeness (QED) is 0.610. The molecule has 1 aromatic rings. The summed E-state index contributed by atoms with van der Waals surface area (Å²) in [7, 11) is 0. The molecule has 2 rings (SSSR count). The second-order valence-electron chi connectivity index (χ2n) is 4.77. The third-order valence-corrected chi connectivity index (χ3v) is 3.54. The fourth-order valence-electron chi connectivity index (χ4n) is 2.39. The van der Waals surface area contributed by atoms with E-state index in [0.717, 1.165) is 29.7 Å². The first-order chi connectivity index (χ1) is 7.68. The largest absolute Gasteiger partial charge is 0.398 e. The summed E-state index contributed by atoms with van der Waals surface area (Å²) in [4.78, 5) is 12.2. The maximum absolute atomic E-state index is 12.2. The zero-order valence-electron chi connectivity index (χ0n) is 9.83. The lowest BCUT2D eigenvalue weighted by atomic mass is 9.83. The van der Waals surface area contributed by atoms with Gasteiger partial charge < -0.3 is 5.73 Å². The highest BCUT2D eigenvalue weighted by Gasteiger charge is 2.22. The van der Waals surface area contributed by atoms with Crippen molar-refractivity contribution >= 4 is 11.5 Å². The molecule has 0 unspecified atom stereocenters. The maximum atomic E-state index is 12.2. The maximum Gasteiger partial charge on any atom is 0.166 e. The first kappa shape index (κ1) is 11.2. The fourth-order valence-corrected chi connectivity index (χ4v) is 2.39. The molecular formula is C14H19NO. The van der Waals surface area contributed by atoms with E-state index in [-0.39, 0.29) is 11.7 Å². The molecule has 1 saturated carbocycles. The molecule has 0 bridgehead atoms. The van der Waals surface area contributed by atoms with Crippen LogP contribution in [0.4, 0.5) is 5.69 Å². The van der Waals surface area contributed by atoms with Crippen molar-refractivity contribution in [1.29, 1.82) is 0 Å². The average molecular weight is 217 g/mol. The minimum Gasteiger partial charge on any atom is -0.398 e. The Morgan fingerprint density at radius 2 is 1.94 bits per heavy atom. The lowest BCUT2D eigenvalue weighted by molar-refractivity contribution is 0.0889. The molecule has 0 saturated heterocycles. The number of rotatable bonds is 2. The van der Waals surface area contributed by atoms with Crippen LogP contribution >= 0.6 is 0 Å². The highest BCUT2D eigenvalue weighted by Crippen LogP contribution is 2.27. The summed E-state index contributed by atoms with van der Waals surface area (Å²) in [5, 5.41) is 0. The molecule has 0 aromatic heterocycles. The van der Waals surface area contributed by atoms with Crippen molar-refractivity contribution in [2.45, 2.75) is 39.0 Å². The van der Waals surface area contributed by atoms with Gasteiger partial charge in [0.15, 0.2) is 5.78 Å². The summed E-state index contributed by atoms with van der Waals surface area (Å²) in [6.07, 6.45) is 5.76. The molecule has 1 fully saturated rings. The smallest absolute Gasteiger partial charge is 0.166 e. The van der Waals surface area contributed by atoms with Crippen LogP contribution in [-0.2, 0) is 0 Å². The molecule has 1 aromatic carbocycles. The molecule has 0 radical (unpaired) electrons. The number of carbonyl (C=O) groups excluding carboxylic acids is 1. The molecule has 86 valence electrons. The topological polar surface area (TPSA) is 43.1 Å². The SMILES string of the molecule is Cc1ccc(C(=O)C2CCCCC2)cc1N. The number of hydrogen-bond acceptors (Lipinski definition) is 2. The number of ketones is 1. The second-order valence-corrected chi connectivity index (χ2v) is 4.77. The van der Waals surface area contributed by atoms with Gasteiger partial charge in [-0.25, -0.2) is 0 Å². The molecule has 1 aliphatic carbocycles. The van der Waals surface area contributed by atoms with Gasteiger partial charge in [-0.3, -0.25) is 4.79 Å². The first-order valence-corrected chi connectivity index (χ1v) is 6.09. The lowest BCUT2D eigenvalue weighted by Crippen LogP contribution is -2.18. The van der Waals surface area contributed by atoms with Gasteiger partial charge in [-0.15, -0.1) is 0 Å². The molecule has 1 aliphatic rings. The number of hydrogen-bond donors (Lipinski definition) is 1. The van der Waals surface area contributed by atoms with Crippen LogP contribution in [0.5, 0.6) is 0 Å². The minimum atomic E-state index is 0.232. The van der Waals surface area contributed by atoms with Gasteiger partial charge in [0.05, 0.1) is 0 Å². The number of Topliss-reactive ketones (excluding diaryl/α,β-unsaturated/α-hetero) is 1. The number of aryl methyl sites for hydroxylation is 1. The second kappa shape index (κ2) is 4.69. The molecule has 0 aliphatic heterocycles. The third-order valence-electron chi connectivity index (χ3n) is 3.54. The number of benzene rings is 1. The Hall–Kier alpha value is -1.31. The van der Waals surface area contributed by atoms with Crippen molar-refractivity contribution in [3.63, 3.8) is 0 Å². The van der Waals surface area contributed by atoms with Crippen LogP contribution in [0, 0.1) is 12.8 Å². The zero-order chi connectivity index (χ0) is 11.5. The Morgan fingerprint density at radius 3 is 2.56 bits per heavy atom. The van der Waals surface area contributed by atoms with Gasteiger partial charge in [-0.05, 0) is 31.4 Å².